The molecule has 0 bridgehead atoms. The summed E-state index contributed by atoms with van der Waals surface area (Å²) in [7, 11) is 0. The summed E-state index contributed by atoms with van der Waals surface area (Å²) < 4.78 is 2.41. The van der Waals surface area contributed by atoms with Gasteiger partial charge < -0.3 is 9.47 Å². The highest BCUT2D eigenvalue weighted by atomic mass is 15.1. The van der Waals surface area contributed by atoms with Crippen molar-refractivity contribution in [2.24, 2.45) is 0 Å². The van der Waals surface area contributed by atoms with E-state index in [1.54, 1.807) is 0 Å². The molecule has 350 valence electrons. The number of para-hydroxylation sites is 2. The van der Waals surface area contributed by atoms with Gasteiger partial charge in [-0.3, -0.25) is 4.98 Å². The molecular weight excluding hydrogens is 907 g/mol. The first-order valence-electron chi connectivity index (χ1n) is 25.9. The fraction of sp³-hybridized carbons (Fsp3) is 0.0139. The quantitative estimate of drug-likeness (QED) is 0.151. The van der Waals surface area contributed by atoms with Crippen molar-refractivity contribution >= 4 is 38.9 Å². The van der Waals surface area contributed by atoms with Crippen molar-refractivity contribution in [2.45, 2.75) is 5.41 Å². The molecule has 0 saturated heterocycles. The van der Waals surface area contributed by atoms with Crippen LogP contribution in [0.2, 0.25) is 0 Å². The van der Waals surface area contributed by atoms with Gasteiger partial charge in [-0.1, -0.05) is 212 Å². The van der Waals surface area contributed by atoms with Crippen LogP contribution in [0.15, 0.2) is 285 Å². The topological polar surface area (TPSA) is 21.1 Å². The molecule has 2 heterocycles. The second-order valence-electron chi connectivity index (χ2n) is 19.8. The normalized spacial score (nSPS) is 12.6. The molecule has 1 spiro atoms. The van der Waals surface area contributed by atoms with Crippen molar-refractivity contribution in [1.29, 1.82) is 0 Å². The van der Waals surface area contributed by atoms with Gasteiger partial charge in [-0.25, -0.2) is 0 Å². The molecule has 2 aliphatic rings. The summed E-state index contributed by atoms with van der Waals surface area (Å²) in [4.78, 5) is 7.42. The van der Waals surface area contributed by atoms with Crippen LogP contribution in [0.25, 0.3) is 94.4 Å². The summed E-state index contributed by atoms with van der Waals surface area (Å²) in [5, 5.41) is 2.46. The average Bonchev–Trinajstić information content (AvgIpc) is 4.19. The van der Waals surface area contributed by atoms with Crippen LogP contribution < -0.4 is 4.90 Å². The zero-order valence-corrected chi connectivity index (χ0v) is 41.0. The van der Waals surface area contributed by atoms with Crippen molar-refractivity contribution in [3.63, 3.8) is 0 Å². The van der Waals surface area contributed by atoms with E-state index in [-0.39, 0.29) is 0 Å². The van der Waals surface area contributed by atoms with E-state index in [1.165, 1.54) is 71.9 Å². The maximum absolute atomic E-state index is 4.93. The molecule has 0 fully saturated rings. The first kappa shape index (κ1) is 42.8. The Hall–Kier alpha value is -9.83. The highest BCUT2D eigenvalue weighted by Gasteiger charge is 2.51. The van der Waals surface area contributed by atoms with E-state index in [0.717, 1.165) is 61.8 Å². The fourth-order valence-electron chi connectivity index (χ4n) is 12.7. The van der Waals surface area contributed by atoms with E-state index in [4.69, 9.17) is 4.98 Å². The van der Waals surface area contributed by atoms with E-state index < -0.39 is 5.41 Å². The van der Waals surface area contributed by atoms with Crippen LogP contribution in [-0.4, -0.2) is 9.55 Å². The van der Waals surface area contributed by atoms with E-state index in [9.17, 15) is 0 Å². The van der Waals surface area contributed by atoms with Crippen LogP contribution in [-0.2, 0) is 5.41 Å². The number of aromatic nitrogens is 2. The van der Waals surface area contributed by atoms with Gasteiger partial charge >= 0.3 is 0 Å². The summed E-state index contributed by atoms with van der Waals surface area (Å²) in [5.41, 5.74) is 25.4. The van der Waals surface area contributed by atoms with Gasteiger partial charge in [-0.05, 0) is 139 Å². The molecule has 15 rings (SSSR count). The first-order chi connectivity index (χ1) is 37.2. The van der Waals surface area contributed by atoms with Gasteiger partial charge in [-0.15, -0.1) is 0 Å². The minimum Gasteiger partial charge on any atom is -0.310 e. The van der Waals surface area contributed by atoms with Crippen LogP contribution in [0, 0.1) is 0 Å². The lowest BCUT2D eigenvalue weighted by molar-refractivity contribution is 0.793. The third kappa shape index (κ3) is 6.58. The van der Waals surface area contributed by atoms with Gasteiger partial charge in [0.25, 0.3) is 0 Å². The largest absolute Gasteiger partial charge is 0.310 e. The lowest BCUT2D eigenvalue weighted by Gasteiger charge is -2.33. The number of anilines is 3. The molecule has 3 heteroatoms. The van der Waals surface area contributed by atoms with Gasteiger partial charge in [0, 0.05) is 45.2 Å². The third-order valence-electron chi connectivity index (χ3n) is 15.9. The number of fused-ring (bicyclic) bond motifs is 13. The molecule has 0 aliphatic heterocycles. The Morgan fingerprint density at radius 2 is 0.827 bits per heavy atom. The van der Waals surface area contributed by atoms with Gasteiger partial charge in [0.2, 0.25) is 0 Å². The molecular formula is C72H47N3. The van der Waals surface area contributed by atoms with E-state index in [1.807, 2.05) is 12.3 Å². The average molecular weight is 954 g/mol. The number of hydrogen-bond donors (Lipinski definition) is 0. The summed E-state index contributed by atoms with van der Waals surface area (Å²) in [6.07, 6.45) is 1.89. The van der Waals surface area contributed by atoms with E-state index in [0.29, 0.717) is 0 Å². The number of benzene rings is 11. The van der Waals surface area contributed by atoms with Crippen LogP contribution in [0.4, 0.5) is 17.1 Å². The van der Waals surface area contributed by atoms with E-state index >= 15 is 0 Å². The standard InChI is InChI=1S/C72H47N3/c1-3-19-48(20-4-1)49-34-38-53(39-35-49)74(54-40-43-60-59-27-11-15-31-66(59)72(67(60)47-54)64-29-13-9-25-57(64)58-26-10-14-30-65(58)72)70-46-51(68-32-17-18-44-73-68)37-42-62(70)56-24-8-7-23-55(56)50-36-41-63-61-28-12-16-33-69(61)75(71(63)45-50)52-21-5-2-6-22-52/h1-47H. The Labute approximate surface area is 436 Å². The number of nitrogens with zero attached hydrogens (tertiary/aromatic N) is 3. The summed E-state index contributed by atoms with van der Waals surface area (Å²) in [5.74, 6) is 0. The molecule has 0 saturated carbocycles. The third-order valence-corrected chi connectivity index (χ3v) is 15.9. The molecule has 0 amide bonds. The SMILES string of the molecule is c1ccc(-c2ccc(N(c3ccc4c(c3)C3(c5ccccc5-c5ccccc53)c3ccccc3-4)c3cc(-c4ccccn4)ccc3-c3ccccc3-c3ccc4c5ccccc5n(-c5ccccc5)c4c3)cc2)cc1. The predicted molar refractivity (Wildman–Crippen MR) is 311 cm³/mol. The summed E-state index contributed by atoms with van der Waals surface area (Å²) >= 11 is 0. The number of hydrogen-bond acceptors (Lipinski definition) is 2. The van der Waals surface area contributed by atoms with Crippen molar-refractivity contribution in [3.05, 3.63) is 308 Å². The smallest absolute Gasteiger partial charge is 0.0726 e. The summed E-state index contributed by atoms with van der Waals surface area (Å²) in [6.45, 7) is 0. The molecule has 0 N–H and O–H groups in total. The van der Waals surface area contributed by atoms with Crippen molar-refractivity contribution in [2.75, 3.05) is 4.90 Å². The lowest BCUT2D eigenvalue weighted by Crippen LogP contribution is -2.26. The molecule has 75 heavy (non-hydrogen) atoms. The molecule has 2 aliphatic carbocycles. The Kier molecular flexibility index (Phi) is 9.79. The Morgan fingerprint density at radius 1 is 0.307 bits per heavy atom. The number of rotatable bonds is 8. The first-order valence-corrected chi connectivity index (χ1v) is 25.9. The highest BCUT2D eigenvalue weighted by Crippen LogP contribution is 2.63. The predicted octanol–water partition coefficient (Wildman–Crippen LogP) is 18.7. The Balaban J connectivity index is 0.989. The minimum atomic E-state index is -0.510. The van der Waals surface area contributed by atoms with Gasteiger partial charge in [-0.2, -0.15) is 0 Å². The van der Waals surface area contributed by atoms with Crippen LogP contribution in [0.3, 0.4) is 0 Å². The fourth-order valence-corrected chi connectivity index (χ4v) is 12.7. The molecule has 0 unspecified atom stereocenters. The molecule has 11 aromatic carbocycles. The highest BCUT2D eigenvalue weighted by molar-refractivity contribution is 6.11. The van der Waals surface area contributed by atoms with Crippen LogP contribution >= 0.6 is 0 Å². The monoisotopic (exact) mass is 953 g/mol. The minimum absolute atomic E-state index is 0.510. The van der Waals surface area contributed by atoms with Crippen LogP contribution in [0.1, 0.15) is 22.3 Å². The molecule has 3 nitrogen and oxygen atoms in total. The maximum atomic E-state index is 4.93. The van der Waals surface area contributed by atoms with Crippen LogP contribution in [0.5, 0.6) is 0 Å². The molecule has 0 atom stereocenters. The maximum Gasteiger partial charge on any atom is 0.0726 e. The molecule has 2 aromatic heterocycles. The van der Waals surface area contributed by atoms with E-state index in [2.05, 4.69) is 282 Å². The Bertz CT molecular complexity index is 4280. The lowest BCUT2D eigenvalue weighted by atomic mass is 9.70. The second-order valence-corrected chi connectivity index (χ2v) is 19.8. The number of pyridine rings is 1. The molecule has 0 radical (unpaired) electrons. The second kappa shape index (κ2) is 17.2. The molecule has 13 aromatic rings. The zero-order chi connectivity index (χ0) is 49.5. The van der Waals surface area contributed by atoms with Gasteiger partial charge in [0.05, 0.1) is 27.8 Å². The van der Waals surface area contributed by atoms with Crippen molar-refractivity contribution < 1.29 is 0 Å². The van der Waals surface area contributed by atoms with Crippen molar-refractivity contribution in [3.8, 4) is 72.6 Å². The Morgan fingerprint density at radius 3 is 1.52 bits per heavy atom. The summed E-state index contributed by atoms with van der Waals surface area (Å²) in [6, 6.07) is 103. The van der Waals surface area contributed by atoms with Crippen molar-refractivity contribution in [1.82, 2.24) is 9.55 Å². The van der Waals surface area contributed by atoms with Gasteiger partial charge in [0.15, 0.2) is 0 Å². The zero-order valence-electron chi connectivity index (χ0n) is 41.0. The van der Waals surface area contributed by atoms with Gasteiger partial charge in [0.1, 0.15) is 0 Å².